The van der Waals surface area contributed by atoms with Gasteiger partial charge in [-0.3, -0.25) is 14.5 Å². The van der Waals surface area contributed by atoms with Crippen molar-refractivity contribution in [3.05, 3.63) is 12.2 Å². The van der Waals surface area contributed by atoms with Crippen molar-refractivity contribution in [3.8, 4) is 0 Å². The summed E-state index contributed by atoms with van der Waals surface area (Å²) in [6, 6.07) is 0. The molecule has 0 aliphatic carbocycles. The minimum atomic E-state index is -0.532. The van der Waals surface area contributed by atoms with E-state index in [4.69, 9.17) is 5.73 Å². The number of nitrogens with zero attached hydrogens (tertiary/aromatic N) is 1. The normalized spacial score (nSPS) is 18.5. The maximum absolute atomic E-state index is 10.8. The van der Waals surface area contributed by atoms with Gasteiger partial charge in [-0.1, -0.05) is 0 Å². The molecule has 0 fully saturated rings. The summed E-state index contributed by atoms with van der Waals surface area (Å²) in [5.41, 5.74) is 5.32. The molecule has 0 radical (unpaired) electrons. The Labute approximate surface area is 70.4 Å². The van der Waals surface area contributed by atoms with Gasteiger partial charge in [-0.25, -0.2) is 0 Å². The van der Waals surface area contributed by atoms with E-state index in [0.29, 0.717) is 0 Å². The summed E-state index contributed by atoms with van der Waals surface area (Å²) < 4.78 is 0. The highest BCUT2D eigenvalue weighted by atomic mass is 35.5. The number of halogens is 1. The smallest absolute Gasteiger partial charge is 0.254 e. The molecule has 1 aliphatic heterocycles. The summed E-state index contributed by atoms with van der Waals surface area (Å²) in [5.74, 6) is -0.667. The lowest BCUT2D eigenvalue weighted by atomic mass is 10.5. The van der Waals surface area contributed by atoms with Gasteiger partial charge in [0.1, 0.15) is 0 Å². The van der Waals surface area contributed by atoms with Gasteiger partial charge >= 0.3 is 0 Å². The van der Waals surface area contributed by atoms with Gasteiger partial charge in [0.2, 0.25) is 0 Å². The second kappa shape index (κ2) is 3.50. The molecule has 0 aromatic carbocycles. The van der Waals surface area contributed by atoms with Gasteiger partial charge in [-0.05, 0) is 6.92 Å². The van der Waals surface area contributed by atoms with Crippen LogP contribution in [0.25, 0.3) is 0 Å². The fourth-order valence-corrected chi connectivity index (χ4v) is 0.813. The molecule has 0 aromatic rings. The lowest BCUT2D eigenvalue weighted by Crippen LogP contribution is -2.43. The molecule has 4 nitrogen and oxygen atoms in total. The van der Waals surface area contributed by atoms with E-state index < -0.39 is 6.17 Å². The molecule has 2 N–H and O–H groups in total. The van der Waals surface area contributed by atoms with E-state index in [0.717, 1.165) is 4.90 Å². The molecule has 1 rings (SSSR count). The van der Waals surface area contributed by atoms with Crippen LogP contribution in [0.2, 0.25) is 0 Å². The molecule has 5 heteroatoms. The second-order valence-corrected chi connectivity index (χ2v) is 2.12. The van der Waals surface area contributed by atoms with Crippen LogP contribution in [0.1, 0.15) is 6.92 Å². The highest BCUT2D eigenvalue weighted by Crippen LogP contribution is 2.04. The Morgan fingerprint density at radius 2 is 1.73 bits per heavy atom. The highest BCUT2D eigenvalue weighted by molar-refractivity contribution is 6.13. The van der Waals surface area contributed by atoms with Crippen molar-refractivity contribution >= 4 is 24.2 Å². The van der Waals surface area contributed by atoms with Crippen LogP contribution in [0.4, 0.5) is 0 Å². The van der Waals surface area contributed by atoms with Crippen LogP contribution in [-0.2, 0) is 9.59 Å². The monoisotopic (exact) mass is 176 g/mol. The Balaban J connectivity index is 0.000001000. The van der Waals surface area contributed by atoms with Crippen LogP contribution in [0.15, 0.2) is 12.2 Å². The van der Waals surface area contributed by atoms with Crippen molar-refractivity contribution in [3.63, 3.8) is 0 Å². The maximum Gasteiger partial charge on any atom is 0.254 e. The van der Waals surface area contributed by atoms with Crippen molar-refractivity contribution in [1.82, 2.24) is 4.90 Å². The Morgan fingerprint density at radius 1 is 1.36 bits per heavy atom. The SMILES string of the molecule is CC(N)N1C(=O)C=CC1=O.Cl. The molecule has 0 aromatic heterocycles. The first-order chi connectivity index (χ1) is 4.63. The van der Waals surface area contributed by atoms with E-state index in [-0.39, 0.29) is 24.2 Å². The number of hydrogen-bond acceptors (Lipinski definition) is 3. The number of nitrogens with two attached hydrogens (primary N) is 1. The predicted octanol–water partition coefficient (Wildman–Crippen LogP) is -0.362. The standard InChI is InChI=1S/C6H8N2O2.ClH/c1-4(7)8-5(9)2-3-6(8)10;/h2-4H,7H2,1H3;1H. The Hall–Kier alpha value is -0.870. The first-order valence-electron chi connectivity index (χ1n) is 2.94. The summed E-state index contributed by atoms with van der Waals surface area (Å²) in [6.45, 7) is 1.59. The van der Waals surface area contributed by atoms with E-state index in [1.807, 2.05) is 0 Å². The first-order valence-corrected chi connectivity index (χ1v) is 2.94. The van der Waals surface area contributed by atoms with E-state index in [1.54, 1.807) is 6.92 Å². The van der Waals surface area contributed by atoms with Crippen LogP contribution in [-0.4, -0.2) is 22.9 Å². The van der Waals surface area contributed by atoms with E-state index in [9.17, 15) is 9.59 Å². The Morgan fingerprint density at radius 3 is 1.91 bits per heavy atom. The second-order valence-electron chi connectivity index (χ2n) is 2.12. The van der Waals surface area contributed by atoms with Crippen molar-refractivity contribution in [2.45, 2.75) is 13.1 Å². The lowest BCUT2D eigenvalue weighted by molar-refractivity contribution is -0.138. The number of amides is 2. The molecule has 1 aliphatic rings. The fraction of sp³-hybridized carbons (Fsp3) is 0.333. The van der Waals surface area contributed by atoms with E-state index in [2.05, 4.69) is 0 Å². The van der Waals surface area contributed by atoms with Crippen LogP contribution in [0.5, 0.6) is 0 Å². The number of carbonyl (C=O) groups is 2. The predicted molar refractivity (Wildman–Crippen MR) is 41.9 cm³/mol. The molecule has 0 saturated carbocycles. The summed E-state index contributed by atoms with van der Waals surface area (Å²) in [5, 5.41) is 0. The number of rotatable bonds is 1. The molecule has 1 unspecified atom stereocenters. The molecule has 11 heavy (non-hydrogen) atoms. The zero-order chi connectivity index (χ0) is 7.72. The minimum Gasteiger partial charge on any atom is -0.311 e. The largest absolute Gasteiger partial charge is 0.311 e. The summed E-state index contributed by atoms with van der Waals surface area (Å²) >= 11 is 0. The third kappa shape index (κ3) is 1.78. The summed E-state index contributed by atoms with van der Waals surface area (Å²) in [4.78, 5) is 22.5. The molecular weight excluding hydrogens is 168 g/mol. The molecule has 2 amide bonds. The van der Waals surface area contributed by atoms with Crippen molar-refractivity contribution < 1.29 is 9.59 Å². The fourth-order valence-electron chi connectivity index (χ4n) is 0.813. The first kappa shape index (κ1) is 10.1. The van der Waals surface area contributed by atoms with E-state index >= 15 is 0 Å². The number of hydrogen-bond donors (Lipinski definition) is 1. The van der Waals surface area contributed by atoms with Gasteiger partial charge in [-0.15, -0.1) is 12.4 Å². The van der Waals surface area contributed by atoms with Gasteiger partial charge in [-0.2, -0.15) is 0 Å². The van der Waals surface area contributed by atoms with Gasteiger partial charge in [0.25, 0.3) is 11.8 Å². The quantitative estimate of drug-likeness (QED) is 0.555. The lowest BCUT2D eigenvalue weighted by Gasteiger charge is -2.17. The van der Waals surface area contributed by atoms with Crippen LogP contribution >= 0.6 is 12.4 Å². The molecule has 0 bridgehead atoms. The minimum absolute atomic E-state index is 0. The third-order valence-corrected chi connectivity index (χ3v) is 1.25. The van der Waals surface area contributed by atoms with Crippen molar-refractivity contribution in [1.29, 1.82) is 0 Å². The molecular formula is C6H9ClN2O2. The Kier molecular flexibility index (Phi) is 3.22. The summed E-state index contributed by atoms with van der Waals surface area (Å²) in [7, 11) is 0. The number of carbonyl (C=O) groups excluding carboxylic acids is 2. The van der Waals surface area contributed by atoms with Crippen LogP contribution < -0.4 is 5.73 Å². The molecule has 0 spiro atoms. The van der Waals surface area contributed by atoms with Gasteiger partial charge in [0, 0.05) is 12.2 Å². The summed E-state index contributed by atoms with van der Waals surface area (Å²) in [6.07, 6.45) is 1.90. The molecule has 62 valence electrons. The Bertz CT molecular complexity index is 195. The topological polar surface area (TPSA) is 63.4 Å². The molecule has 0 saturated heterocycles. The molecule has 1 atom stereocenters. The zero-order valence-corrected chi connectivity index (χ0v) is 6.80. The maximum atomic E-state index is 10.8. The van der Waals surface area contributed by atoms with Gasteiger partial charge < -0.3 is 5.73 Å². The third-order valence-electron chi connectivity index (χ3n) is 1.25. The van der Waals surface area contributed by atoms with Crippen molar-refractivity contribution in [2.75, 3.05) is 0 Å². The average molecular weight is 177 g/mol. The zero-order valence-electron chi connectivity index (χ0n) is 5.98. The van der Waals surface area contributed by atoms with Crippen LogP contribution in [0.3, 0.4) is 0 Å². The van der Waals surface area contributed by atoms with Crippen LogP contribution in [0, 0.1) is 0 Å². The van der Waals surface area contributed by atoms with E-state index in [1.165, 1.54) is 12.2 Å². The van der Waals surface area contributed by atoms with Gasteiger partial charge in [0.15, 0.2) is 0 Å². The number of imide groups is 1. The molecule has 1 heterocycles. The van der Waals surface area contributed by atoms with Crippen molar-refractivity contribution in [2.24, 2.45) is 5.73 Å². The highest BCUT2D eigenvalue weighted by Gasteiger charge is 2.25. The average Bonchev–Trinajstić information content (AvgIpc) is 2.11. The van der Waals surface area contributed by atoms with Gasteiger partial charge in [0.05, 0.1) is 6.17 Å².